The van der Waals surface area contributed by atoms with Crippen LogP contribution in [0.15, 0.2) is 60.7 Å². The molecule has 0 spiro atoms. The molecule has 182 valence electrons. The molecule has 0 saturated carbocycles. The Balaban J connectivity index is 0.00000167. The van der Waals surface area contributed by atoms with Crippen LogP contribution in [-0.4, -0.2) is 28.5 Å². The molecule has 0 atom stereocenters. The van der Waals surface area contributed by atoms with E-state index in [1.54, 1.807) is 24.3 Å². The van der Waals surface area contributed by atoms with Gasteiger partial charge in [-0.25, -0.2) is 9.18 Å². The van der Waals surface area contributed by atoms with Crippen LogP contribution in [0.4, 0.5) is 10.1 Å². The molecule has 0 amide bonds. The number of halogens is 1. The number of hydrogen-bond acceptors (Lipinski definition) is 4. The van der Waals surface area contributed by atoms with Crippen LogP contribution in [0.2, 0.25) is 0 Å². The summed E-state index contributed by atoms with van der Waals surface area (Å²) in [7, 11) is 0. The Labute approximate surface area is 204 Å². The second-order valence-electron chi connectivity index (χ2n) is 8.08. The van der Waals surface area contributed by atoms with Crippen LogP contribution in [0.1, 0.15) is 44.9 Å². The van der Waals surface area contributed by atoms with Gasteiger partial charge in [0.2, 0.25) is 0 Å². The van der Waals surface area contributed by atoms with Gasteiger partial charge in [0.15, 0.2) is 6.61 Å². The van der Waals surface area contributed by atoms with E-state index < -0.39 is 12.6 Å². The quantitative estimate of drug-likeness (QED) is 0.206. The van der Waals surface area contributed by atoms with Crippen LogP contribution < -0.4 is 10.5 Å². The summed E-state index contributed by atoms with van der Waals surface area (Å²) in [6.45, 7) is 7.76. The highest BCUT2D eigenvalue weighted by atomic mass is 19.1. The van der Waals surface area contributed by atoms with Crippen molar-refractivity contribution in [1.29, 1.82) is 5.41 Å². The maximum Gasteiger partial charge on any atom is 0.341 e. The second kappa shape index (κ2) is 10.9. The van der Waals surface area contributed by atoms with E-state index >= 15 is 0 Å². The minimum atomic E-state index is -1.04. The highest BCUT2D eigenvalue weighted by Crippen LogP contribution is 2.42. The molecule has 0 unspecified atom stereocenters. The van der Waals surface area contributed by atoms with Gasteiger partial charge in [0.25, 0.3) is 0 Å². The Morgan fingerprint density at radius 1 is 1.11 bits per heavy atom. The summed E-state index contributed by atoms with van der Waals surface area (Å²) in [6.07, 6.45) is 1.22. The predicted octanol–water partition coefficient (Wildman–Crippen LogP) is 6.63. The zero-order chi connectivity index (χ0) is 25.7. The fourth-order valence-electron chi connectivity index (χ4n) is 4.09. The average molecular weight is 476 g/mol. The first-order valence-electron chi connectivity index (χ1n) is 11.5. The Bertz CT molecular complexity index is 1340. The summed E-state index contributed by atoms with van der Waals surface area (Å²) < 4.78 is 21.0. The second-order valence-corrected chi connectivity index (χ2v) is 8.08. The van der Waals surface area contributed by atoms with Gasteiger partial charge < -0.3 is 25.6 Å². The van der Waals surface area contributed by atoms with Crippen molar-refractivity contribution in [3.05, 3.63) is 77.7 Å². The van der Waals surface area contributed by atoms with E-state index in [1.807, 2.05) is 38.1 Å². The zero-order valence-corrected chi connectivity index (χ0v) is 20.3. The highest BCUT2D eigenvalue weighted by Gasteiger charge is 2.23. The lowest BCUT2D eigenvalue weighted by Gasteiger charge is -2.16. The molecule has 1 heterocycles. The molecule has 0 aliphatic heterocycles. The molecule has 0 radical (unpaired) electrons. The topological polar surface area (TPSA) is 101 Å². The molecule has 4 aromatic rings. The number of rotatable bonds is 7. The molecule has 7 heteroatoms. The van der Waals surface area contributed by atoms with Gasteiger partial charge in [0.05, 0.1) is 5.52 Å². The number of carbonyl (C=O) groups is 1. The van der Waals surface area contributed by atoms with Crippen LogP contribution in [0.25, 0.3) is 27.7 Å². The first-order chi connectivity index (χ1) is 16.8. The van der Waals surface area contributed by atoms with Crippen LogP contribution in [0, 0.1) is 11.2 Å². The number of aliphatic carboxylic acids is 1. The molecule has 3 aromatic carbocycles. The van der Waals surface area contributed by atoms with Gasteiger partial charge in [-0.2, -0.15) is 0 Å². The lowest BCUT2D eigenvalue weighted by atomic mass is 9.96. The number of nitrogens with one attached hydrogen (secondary N) is 1. The van der Waals surface area contributed by atoms with Gasteiger partial charge in [0.1, 0.15) is 11.6 Å². The molecule has 0 aliphatic rings. The molecule has 6 nitrogen and oxygen atoms in total. The summed E-state index contributed by atoms with van der Waals surface area (Å²) in [5, 5.41) is 17.5. The summed E-state index contributed by atoms with van der Waals surface area (Å²) in [4.78, 5) is 10.8. The first-order valence-corrected chi connectivity index (χ1v) is 11.5. The number of nitrogens with two attached hydrogens (primary N) is 1. The van der Waals surface area contributed by atoms with Crippen molar-refractivity contribution in [2.75, 3.05) is 12.3 Å². The number of fused-ring (bicyclic) bond motifs is 1. The lowest BCUT2D eigenvalue weighted by Crippen LogP contribution is -2.09. The highest BCUT2D eigenvalue weighted by molar-refractivity contribution is 6.04. The van der Waals surface area contributed by atoms with Crippen LogP contribution in [-0.2, 0) is 4.79 Å². The van der Waals surface area contributed by atoms with E-state index in [-0.39, 0.29) is 11.7 Å². The number of carboxylic acid groups (broad SMARTS) is 1. The average Bonchev–Trinajstić information content (AvgIpc) is 3.18. The summed E-state index contributed by atoms with van der Waals surface area (Å²) >= 11 is 0. The third kappa shape index (κ3) is 5.19. The molecule has 1 aromatic heterocycles. The maximum atomic E-state index is 13.7. The molecular formula is C28H30FN3O3. The van der Waals surface area contributed by atoms with Crippen molar-refractivity contribution in [1.82, 2.24) is 4.57 Å². The van der Waals surface area contributed by atoms with Gasteiger partial charge in [-0.1, -0.05) is 39.8 Å². The standard InChI is InChI=1S/C26H24FN3O3.C2H6/c1-15(2)26-25(16-3-9-20(10-4-16)33-14-24(31)32)21-12-22(29)17(13-28)11-23(21)30(26)19-7-5-18(27)6-8-19;1-2/h3-13,15,28H,14,29H2,1-2H3,(H,31,32);1-2H3. The number of nitrogens with zero attached hydrogens (tertiary/aromatic N) is 1. The van der Waals surface area contributed by atoms with Crippen molar-refractivity contribution >= 4 is 28.8 Å². The Kier molecular flexibility index (Phi) is 7.91. The first kappa shape index (κ1) is 25.5. The molecule has 4 rings (SSSR count). The Morgan fingerprint density at radius 2 is 1.74 bits per heavy atom. The van der Waals surface area contributed by atoms with Crippen molar-refractivity contribution in [2.45, 2.75) is 33.6 Å². The predicted molar refractivity (Wildman–Crippen MR) is 140 cm³/mol. The molecule has 0 saturated heterocycles. The van der Waals surface area contributed by atoms with E-state index in [9.17, 15) is 9.18 Å². The Morgan fingerprint density at radius 3 is 2.29 bits per heavy atom. The fraction of sp³-hybridized carbons (Fsp3) is 0.214. The fourth-order valence-corrected chi connectivity index (χ4v) is 4.09. The van der Waals surface area contributed by atoms with Gasteiger partial charge in [-0.3, -0.25) is 0 Å². The molecule has 0 aliphatic carbocycles. The molecule has 0 bridgehead atoms. The molecule has 35 heavy (non-hydrogen) atoms. The number of ether oxygens (including phenoxy) is 1. The van der Waals surface area contributed by atoms with Crippen molar-refractivity contribution < 1.29 is 19.0 Å². The van der Waals surface area contributed by atoms with Gasteiger partial charge >= 0.3 is 5.97 Å². The van der Waals surface area contributed by atoms with E-state index in [1.165, 1.54) is 18.3 Å². The van der Waals surface area contributed by atoms with E-state index in [0.717, 1.165) is 33.4 Å². The third-order valence-electron chi connectivity index (χ3n) is 5.50. The zero-order valence-electron chi connectivity index (χ0n) is 20.3. The van der Waals surface area contributed by atoms with E-state index in [0.29, 0.717) is 17.0 Å². The molecule has 0 fully saturated rings. The number of benzene rings is 3. The van der Waals surface area contributed by atoms with Crippen LogP contribution in [0.3, 0.4) is 0 Å². The molecular weight excluding hydrogens is 445 g/mol. The van der Waals surface area contributed by atoms with E-state index in [2.05, 4.69) is 18.4 Å². The number of nitrogen functional groups attached to an aromatic ring is 1. The Hall–Kier alpha value is -4.13. The maximum absolute atomic E-state index is 13.7. The van der Waals surface area contributed by atoms with Gasteiger partial charge in [0, 0.05) is 39.8 Å². The lowest BCUT2D eigenvalue weighted by molar-refractivity contribution is -0.139. The smallest absolute Gasteiger partial charge is 0.341 e. The largest absolute Gasteiger partial charge is 0.482 e. The number of aromatic nitrogens is 1. The van der Waals surface area contributed by atoms with Crippen LogP contribution >= 0.6 is 0 Å². The monoisotopic (exact) mass is 475 g/mol. The summed E-state index contributed by atoms with van der Waals surface area (Å²) in [6, 6.07) is 17.3. The summed E-state index contributed by atoms with van der Waals surface area (Å²) in [5.74, 6) is -0.797. The molecule has 4 N–H and O–H groups in total. The van der Waals surface area contributed by atoms with Crippen molar-refractivity contribution in [2.24, 2.45) is 0 Å². The SMILES string of the molecule is CC.CC(C)c1c(-c2ccc(OCC(=O)O)cc2)c2cc(N)c(C=N)cc2n1-c1ccc(F)cc1. The minimum Gasteiger partial charge on any atom is -0.482 e. The van der Waals surface area contributed by atoms with E-state index in [4.69, 9.17) is 21.0 Å². The number of anilines is 1. The normalized spacial score (nSPS) is 10.7. The van der Waals surface area contributed by atoms with Crippen molar-refractivity contribution in [3.63, 3.8) is 0 Å². The summed E-state index contributed by atoms with van der Waals surface area (Å²) in [5.41, 5.74) is 11.9. The minimum absolute atomic E-state index is 0.102. The van der Waals surface area contributed by atoms with Crippen LogP contribution in [0.5, 0.6) is 5.75 Å². The van der Waals surface area contributed by atoms with Gasteiger partial charge in [-0.15, -0.1) is 0 Å². The third-order valence-corrected chi connectivity index (χ3v) is 5.50. The van der Waals surface area contributed by atoms with Crippen molar-refractivity contribution in [3.8, 4) is 22.6 Å². The van der Waals surface area contributed by atoms with Gasteiger partial charge in [-0.05, 0) is 60.0 Å². The number of carboxylic acids is 1. The number of hydrogen-bond donors (Lipinski definition) is 3.